The van der Waals surface area contributed by atoms with E-state index in [2.05, 4.69) is 11.9 Å². The zero-order chi connectivity index (χ0) is 22.7. The molecule has 5 nitrogen and oxygen atoms in total. The van der Waals surface area contributed by atoms with E-state index in [4.69, 9.17) is 4.98 Å². The van der Waals surface area contributed by atoms with Crippen LogP contribution in [0.1, 0.15) is 12.5 Å². The summed E-state index contributed by atoms with van der Waals surface area (Å²) in [6.45, 7) is 7.96. The standard InChI is InChI=1S/C25H23N3O2S2/c1-4-14-28-24(30)21-20(18-12-10-16(2)11-13-18)15-31-23(21)27-25(28)32-17(3)22(29)26-19-8-6-5-7-9-19/h4-13,15,17H,1,14H2,2-3H3,(H,26,29). The summed E-state index contributed by atoms with van der Waals surface area (Å²) in [6, 6.07) is 17.4. The van der Waals surface area contributed by atoms with Crippen molar-refractivity contribution >= 4 is 44.9 Å². The second-order valence-corrected chi connectivity index (χ2v) is 9.58. The van der Waals surface area contributed by atoms with Crippen molar-refractivity contribution in [3.8, 4) is 11.1 Å². The molecule has 4 aromatic rings. The number of hydrogen-bond acceptors (Lipinski definition) is 5. The van der Waals surface area contributed by atoms with Gasteiger partial charge in [-0.2, -0.15) is 0 Å². The van der Waals surface area contributed by atoms with E-state index in [0.29, 0.717) is 21.9 Å². The molecule has 1 atom stereocenters. The van der Waals surface area contributed by atoms with Gasteiger partial charge in [0.15, 0.2) is 5.16 Å². The molecule has 1 amide bonds. The number of aromatic nitrogens is 2. The van der Waals surface area contributed by atoms with Crippen LogP contribution in [-0.2, 0) is 11.3 Å². The zero-order valence-corrected chi connectivity index (χ0v) is 19.5. The molecule has 1 N–H and O–H groups in total. The molecule has 162 valence electrons. The number of allylic oxidation sites excluding steroid dienone is 1. The number of aryl methyl sites for hydroxylation is 1. The van der Waals surface area contributed by atoms with Crippen LogP contribution in [0.2, 0.25) is 0 Å². The van der Waals surface area contributed by atoms with Crippen LogP contribution in [-0.4, -0.2) is 20.7 Å². The van der Waals surface area contributed by atoms with Crippen molar-refractivity contribution in [1.82, 2.24) is 9.55 Å². The number of hydrogen-bond donors (Lipinski definition) is 1. The Morgan fingerprint density at radius 2 is 1.94 bits per heavy atom. The minimum absolute atomic E-state index is 0.120. The number of nitrogens with zero attached hydrogens (tertiary/aromatic N) is 2. The fraction of sp³-hybridized carbons (Fsp3) is 0.160. The van der Waals surface area contributed by atoms with Gasteiger partial charge >= 0.3 is 0 Å². The smallest absolute Gasteiger partial charge is 0.263 e. The Morgan fingerprint density at radius 3 is 2.62 bits per heavy atom. The first-order chi connectivity index (χ1) is 15.5. The Bertz CT molecular complexity index is 1330. The first kappa shape index (κ1) is 22.0. The van der Waals surface area contributed by atoms with Crippen LogP contribution >= 0.6 is 23.1 Å². The van der Waals surface area contributed by atoms with Gasteiger partial charge in [-0.15, -0.1) is 17.9 Å². The van der Waals surface area contributed by atoms with Crippen LogP contribution in [0.4, 0.5) is 5.69 Å². The first-order valence-electron chi connectivity index (χ1n) is 10.2. The second-order valence-electron chi connectivity index (χ2n) is 7.41. The largest absolute Gasteiger partial charge is 0.325 e. The Kier molecular flexibility index (Phi) is 6.58. The van der Waals surface area contributed by atoms with Crippen LogP contribution in [0.15, 0.2) is 82.6 Å². The van der Waals surface area contributed by atoms with E-state index in [0.717, 1.165) is 22.4 Å². The number of thioether (sulfide) groups is 1. The molecule has 2 heterocycles. The minimum Gasteiger partial charge on any atom is -0.325 e. The summed E-state index contributed by atoms with van der Waals surface area (Å²) in [5, 5.41) is 5.55. The first-order valence-corrected chi connectivity index (χ1v) is 12.0. The lowest BCUT2D eigenvalue weighted by atomic mass is 10.1. The number of para-hydroxylation sites is 1. The van der Waals surface area contributed by atoms with Crippen molar-refractivity contribution in [3.05, 3.63) is 88.5 Å². The molecule has 2 aromatic carbocycles. The predicted octanol–water partition coefficient (Wildman–Crippen LogP) is 5.74. The summed E-state index contributed by atoms with van der Waals surface area (Å²) in [6.07, 6.45) is 1.67. The molecule has 1 unspecified atom stereocenters. The van der Waals surface area contributed by atoms with Crippen LogP contribution in [0.3, 0.4) is 0 Å². The van der Waals surface area contributed by atoms with Crippen molar-refractivity contribution in [2.24, 2.45) is 0 Å². The lowest BCUT2D eigenvalue weighted by Crippen LogP contribution is -2.26. The minimum atomic E-state index is -0.438. The maximum absolute atomic E-state index is 13.5. The average Bonchev–Trinajstić information content (AvgIpc) is 3.21. The van der Waals surface area contributed by atoms with Gasteiger partial charge in [0.05, 0.1) is 10.6 Å². The SMILES string of the molecule is C=CCn1c(SC(C)C(=O)Nc2ccccc2)nc2scc(-c3ccc(C)cc3)c2c1=O. The molecule has 0 spiro atoms. The van der Waals surface area contributed by atoms with E-state index in [1.54, 1.807) is 10.6 Å². The summed E-state index contributed by atoms with van der Waals surface area (Å²) in [5.74, 6) is -0.146. The Morgan fingerprint density at radius 1 is 1.22 bits per heavy atom. The maximum Gasteiger partial charge on any atom is 0.263 e. The normalized spacial score (nSPS) is 11.9. The molecule has 0 fully saturated rings. The zero-order valence-electron chi connectivity index (χ0n) is 17.9. The highest BCUT2D eigenvalue weighted by Crippen LogP contribution is 2.33. The van der Waals surface area contributed by atoms with Gasteiger partial charge in [0.25, 0.3) is 5.56 Å². The number of nitrogens with one attached hydrogen (secondary N) is 1. The van der Waals surface area contributed by atoms with Gasteiger partial charge in [0, 0.05) is 23.2 Å². The monoisotopic (exact) mass is 461 g/mol. The lowest BCUT2D eigenvalue weighted by Gasteiger charge is -2.15. The number of anilines is 1. The van der Waals surface area contributed by atoms with Crippen molar-refractivity contribution in [1.29, 1.82) is 0 Å². The van der Waals surface area contributed by atoms with Crippen LogP contribution < -0.4 is 10.9 Å². The predicted molar refractivity (Wildman–Crippen MR) is 135 cm³/mol. The number of carbonyl (C=O) groups is 1. The molecule has 2 aromatic heterocycles. The van der Waals surface area contributed by atoms with E-state index >= 15 is 0 Å². The molecule has 32 heavy (non-hydrogen) atoms. The number of fused-ring (bicyclic) bond motifs is 1. The van der Waals surface area contributed by atoms with Gasteiger partial charge in [-0.3, -0.25) is 14.2 Å². The molecule has 4 rings (SSSR count). The summed E-state index contributed by atoms with van der Waals surface area (Å²) >= 11 is 2.71. The summed E-state index contributed by atoms with van der Waals surface area (Å²) < 4.78 is 1.59. The van der Waals surface area contributed by atoms with Gasteiger partial charge in [-0.1, -0.05) is 65.9 Å². The van der Waals surface area contributed by atoms with Crippen molar-refractivity contribution < 1.29 is 4.79 Å². The fourth-order valence-corrected chi connectivity index (χ4v) is 5.21. The fourth-order valence-electron chi connectivity index (χ4n) is 3.31. The lowest BCUT2D eigenvalue weighted by molar-refractivity contribution is -0.115. The van der Waals surface area contributed by atoms with Gasteiger partial charge < -0.3 is 5.32 Å². The highest BCUT2D eigenvalue weighted by Gasteiger charge is 2.21. The quantitative estimate of drug-likeness (QED) is 0.217. The van der Waals surface area contributed by atoms with Crippen molar-refractivity contribution in [3.63, 3.8) is 0 Å². The summed E-state index contributed by atoms with van der Waals surface area (Å²) in [4.78, 5) is 31.6. The van der Waals surface area contributed by atoms with Gasteiger partial charge in [-0.25, -0.2) is 4.98 Å². The molecule has 0 radical (unpaired) electrons. The summed E-state index contributed by atoms with van der Waals surface area (Å²) in [7, 11) is 0. The van der Waals surface area contributed by atoms with Gasteiger partial charge in [0.1, 0.15) is 4.83 Å². The van der Waals surface area contributed by atoms with Gasteiger partial charge in [0.2, 0.25) is 5.91 Å². The number of carbonyl (C=O) groups excluding carboxylic acids is 1. The molecule has 0 aliphatic rings. The number of thiophene rings is 1. The molecular formula is C25H23N3O2S2. The number of rotatable bonds is 7. The number of amides is 1. The highest BCUT2D eigenvalue weighted by atomic mass is 32.2. The maximum atomic E-state index is 13.5. The van der Waals surface area contributed by atoms with Crippen LogP contribution in [0, 0.1) is 6.92 Å². The third kappa shape index (κ3) is 4.54. The van der Waals surface area contributed by atoms with Crippen LogP contribution in [0.5, 0.6) is 0 Å². The van der Waals surface area contributed by atoms with Gasteiger partial charge in [-0.05, 0) is 31.5 Å². The van der Waals surface area contributed by atoms with E-state index in [-0.39, 0.29) is 11.5 Å². The summed E-state index contributed by atoms with van der Waals surface area (Å²) in [5.41, 5.74) is 3.65. The molecule has 0 aliphatic heterocycles. The molecule has 7 heteroatoms. The average molecular weight is 462 g/mol. The Balaban J connectivity index is 1.69. The van der Waals surface area contributed by atoms with E-state index in [1.165, 1.54) is 23.1 Å². The van der Waals surface area contributed by atoms with E-state index in [9.17, 15) is 9.59 Å². The van der Waals surface area contributed by atoms with E-state index < -0.39 is 5.25 Å². The van der Waals surface area contributed by atoms with E-state index in [1.807, 2.05) is 73.8 Å². The number of benzene rings is 2. The van der Waals surface area contributed by atoms with Crippen molar-refractivity contribution in [2.45, 2.75) is 30.8 Å². The highest BCUT2D eigenvalue weighted by molar-refractivity contribution is 8.00. The third-order valence-electron chi connectivity index (χ3n) is 5.03. The molecule has 0 aliphatic carbocycles. The molecule has 0 bridgehead atoms. The van der Waals surface area contributed by atoms with Crippen LogP contribution in [0.25, 0.3) is 21.3 Å². The molecular weight excluding hydrogens is 438 g/mol. The topological polar surface area (TPSA) is 64.0 Å². The second kappa shape index (κ2) is 9.54. The Labute approximate surface area is 194 Å². The molecule has 0 saturated carbocycles. The Hall–Kier alpha value is -3.16. The third-order valence-corrected chi connectivity index (χ3v) is 6.99. The van der Waals surface area contributed by atoms with Crippen molar-refractivity contribution in [2.75, 3.05) is 5.32 Å². The molecule has 0 saturated heterocycles.